The average molecular weight is 391 g/mol. The van der Waals surface area contributed by atoms with Crippen LogP contribution < -0.4 is 4.31 Å². The smallest absolute Gasteiger partial charge is 0.254 e. The van der Waals surface area contributed by atoms with E-state index in [-0.39, 0.29) is 5.91 Å². The molecule has 0 spiro atoms. The van der Waals surface area contributed by atoms with Gasteiger partial charge in [0, 0.05) is 23.0 Å². The minimum Gasteiger partial charge on any atom is -0.331 e. The van der Waals surface area contributed by atoms with Crippen molar-refractivity contribution < 1.29 is 13.2 Å². The third kappa shape index (κ3) is 3.50. The molecule has 26 heavy (non-hydrogen) atoms. The third-order valence-electron chi connectivity index (χ3n) is 4.96. The Labute approximate surface area is 158 Å². The Bertz CT molecular complexity index is 918. The van der Waals surface area contributed by atoms with Crippen molar-refractivity contribution >= 4 is 33.0 Å². The summed E-state index contributed by atoms with van der Waals surface area (Å²) in [5.41, 5.74) is 2.31. The number of thiophene rings is 1. The first-order valence-electron chi connectivity index (χ1n) is 8.87. The summed E-state index contributed by atoms with van der Waals surface area (Å²) in [6.45, 7) is 1.15. The number of fused-ring (bicyclic) bond motifs is 1. The van der Waals surface area contributed by atoms with Gasteiger partial charge in [-0.05, 0) is 60.9 Å². The Morgan fingerprint density at radius 2 is 2.12 bits per heavy atom. The maximum Gasteiger partial charge on any atom is 0.254 e. The second-order valence-electron chi connectivity index (χ2n) is 7.03. The summed E-state index contributed by atoms with van der Waals surface area (Å²) < 4.78 is 25.5. The van der Waals surface area contributed by atoms with Crippen molar-refractivity contribution in [2.45, 2.75) is 38.3 Å². The molecule has 5 nitrogen and oxygen atoms in total. The summed E-state index contributed by atoms with van der Waals surface area (Å²) >= 11 is 1.67. The molecule has 2 aliphatic rings. The van der Waals surface area contributed by atoms with E-state index in [0.29, 0.717) is 30.4 Å². The number of nitrogens with zero attached hydrogens (tertiary/aromatic N) is 2. The number of hydrogen-bond acceptors (Lipinski definition) is 4. The predicted molar refractivity (Wildman–Crippen MR) is 104 cm³/mol. The molecule has 0 N–H and O–H groups in total. The maximum absolute atomic E-state index is 13.1. The first-order valence-corrected chi connectivity index (χ1v) is 11.6. The molecule has 1 saturated carbocycles. The molecule has 2 heterocycles. The van der Waals surface area contributed by atoms with Crippen LogP contribution in [-0.2, 0) is 23.0 Å². The second-order valence-corrected chi connectivity index (χ2v) is 9.96. The van der Waals surface area contributed by atoms with E-state index < -0.39 is 10.0 Å². The fourth-order valence-electron chi connectivity index (χ4n) is 3.53. The van der Waals surface area contributed by atoms with Gasteiger partial charge in [-0.15, -0.1) is 11.3 Å². The quantitative estimate of drug-likeness (QED) is 0.787. The van der Waals surface area contributed by atoms with E-state index in [4.69, 9.17) is 0 Å². The van der Waals surface area contributed by atoms with Gasteiger partial charge in [-0.2, -0.15) is 0 Å². The van der Waals surface area contributed by atoms with Gasteiger partial charge in [-0.25, -0.2) is 8.42 Å². The van der Waals surface area contributed by atoms with Crippen LogP contribution in [0.2, 0.25) is 0 Å². The highest BCUT2D eigenvalue weighted by molar-refractivity contribution is 7.92. The maximum atomic E-state index is 13.1. The normalized spacial score (nSPS) is 17.0. The van der Waals surface area contributed by atoms with E-state index in [1.807, 2.05) is 22.4 Å². The van der Waals surface area contributed by atoms with Gasteiger partial charge in [0.15, 0.2) is 0 Å². The van der Waals surface area contributed by atoms with Gasteiger partial charge in [0.1, 0.15) is 0 Å². The highest BCUT2D eigenvalue weighted by atomic mass is 32.2. The molecule has 0 atom stereocenters. The van der Waals surface area contributed by atoms with E-state index in [1.165, 1.54) is 15.4 Å². The number of carbonyl (C=O) groups excluding carboxylic acids is 1. The van der Waals surface area contributed by atoms with Crippen molar-refractivity contribution in [2.24, 2.45) is 0 Å². The molecule has 1 fully saturated rings. The number of sulfonamides is 1. The molecule has 1 aromatic carbocycles. The zero-order valence-corrected chi connectivity index (χ0v) is 16.4. The summed E-state index contributed by atoms with van der Waals surface area (Å²) in [5, 5.41) is 2.03. The Balaban J connectivity index is 1.62. The van der Waals surface area contributed by atoms with Crippen LogP contribution >= 0.6 is 11.3 Å². The molecule has 0 radical (unpaired) electrons. The van der Waals surface area contributed by atoms with Crippen LogP contribution in [0, 0.1) is 0 Å². The Morgan fingerprint density at radius 3 is 2.77 bits per heavy atom. The van der Waals surface area contributed by atoms with Crippen molar-refractivity contribution in [2.75, 3.05) is 17.1 Å². The Hall–Kier alpha value is -1.86. The van der Waals surface area contributed by atoms with Crippen LogP contribution in [0.4, 0.5) is 5.69 Å². The van der Waals surface area contributed by atoms with E-state index in [1.54, 1.807) is 23.5 Å². The average Bonchev–Trinajstić information content (AvgIpc) is 3.33. The second kappa shape index (κ2) is 6.70. The van der Waals surface area contributed by atoms with Gasteiger partial charge in [-0.3, -0.25) is 9.10 Å². The lowest BCUT2D eigenvalue weighted by molar-refractivity contribution is 0.0731. The standard InChI is InChI=1S/C19H22N2O3S2/c1-26(23,24)21-10-2-4-14-12-15(6-9-18(14)21)19(22)20(16-7-8-16)13-17-5-3-11-25-17/h3,5-6,9,11-12,16H,2,4,7-8,10,13H2,1H3. The van der Waals surface area contributed by atoms with E-state index in [9.17, 15) is 13.2 Å². The fourth-order valence-corrected chi connectivity index (χ4v) is 5.23. The van der Waals surface area contributed by atoms with E-state index >= 15 is 0 Å². The van der Waals surface area contributed by atoms with Gasteiger partial charge in [0.05, 0.1) is 18.5 Å². The molecule has 0 bridgehead atoms. The molecule has 7 heteroatoms. The summed E-state index contributed by atoms with van der Waals surface area (Å²) in [7, 11) is -3.29. The molecule has 0 unspecified atom stereocenters. The zero-order chi connectivity index (χ0) is 18.3. The van der Waals surface area contributed by atoms with Gasteiger partial charge in [0.2, 0.25) is 10.0 Å². The molecular formula is C19H22N2O3S2. The lowest BCUT2D eigenvalue weighted by atomic mass is 10.00. The number of benzene rings is 1. The number of carbonyl (C=O) groups is 1. The van der Waals surface area contributed by atoms with Gasteiger partial charge < -0.3 is 4.90 Å². The summed E-state index contributed by atoms with van der Waals surface area (Å²) in [6, 6.07) is 9.85. The predicted octanol–water partition coefficient (Wildman–Crippen LogP) is 3.27. The van der Waals surface area contributed by atoms with Crippen molar-refractivity contribution in [3.8, 4) is 0 Å². The monoisotopic (exact) mass is 390 g/mol. The Kier molecular flexibility index (Phi) is 4.52. The molecule has 4 rings (SSSR count). The minimum atomic E-state index is -3.29. The summed E-state index contributed by atoms with van der Waals surface area (Å²) in [5.74, 6) is 0.0418. The van der Waals surface area contributed by atoms with Crippen LogP contribution in [0.15, 0.2) is 35.7 Å². The molecule has 1 aromatic heterocycles. The van der Waals surface area contributed by atoms with Crippen LogP contribution in [0.3, 0.4) is 0 Å². The molecular weight excluding hydrogens is 368 g/mol. The van der Waals surface area contributed by atoms with Crippen molar-refractivity contribution in [3.63, 3.8) is 0 Å². The topological polar surface area (TPSA) is 57.7 Å². The van der Waals surface area contributed by atoms with Crippen LogP contribution in [0.25, 0.3) is 0 Å². The van der Waals surface area contributed by atoms with E-state index in [0.717, 1.165) is 31.2 Å². The van der Waals surface area contributed by atoms with E-state index in [2.05, 4.69) is 6.07 Å². The minimum absolute atomic E-state index is 0.0418. The number of rotatable bonds is 5. The van der Waals surface area contributed by atoms with Gasteiger partial charge in [-0.1, -0.05) is 6.07 Å². The van der Waals surface area contributed by atoms with Crippen molar-refractivity contribution in [1.82, 2.24) is 4.90 Å². The third-order valence-corrected chi connectivity index (χ3v) is 7.00. The van der Waals surface area contributed by atoms with Crippen LogP contribution in [0.5, 0.6) is 0 Å². The van der Waals surface area contributed by atoms with Crippen LogP contribution in [-0.4, -0.2) is 38.1 Å². The fraction of sp³-hybridized carbons (Fsp3) is 0.421. The molecule has 1 aliphatic carbocycles. The largest absolute Gasteiger partial charge is 0.331 e. The molecule has 138 valence electrons. The zero-order valence-electron chi connectivity index (χ0n) is 14.7. The molecule has 0 saturated heterocycles. The molecule has 1 amide bonds. The Morgan fingerprint density at radius 1 is 1.31 bits per heavy atom. The molecule has 2 aromatic rings. The summed E-state index contributed by atoms with van der Waals surface area (Å²) in [6.07, 6.45) is 4.93. The number of hydrogen-bond donors (Lipinski definition) is 0. The molecule has 1 aliphatic heterocycles. The lowest BCUT2D eigenvalue weighted by Gasteiger charge is -2.30. The first kappa shape index (κ1) is 17.5. The van der Waals surface area contributed by atoms with Crippen molar-refractivity contribution in [1.29, 1.82) is 0 Å². The van der Waals surface area contributed by atoms with Gasteiger partial charge in [0.25, 0.3) is 5.91 Å². The summed E-state index contributed by atoms with van der Waals surface area (Å²) in [4.78, 5) is 16.3. The highest BCUT2D eigenvalue weighted by Crippen LogP contribution is 2.33. The highest BCUT2D eigenvalue weighted by Gasteiger charge is 2.34. The van der Waals surface area contributed by atoms with Gasteiger partial charge >= 0.3 is 0 Å². The first-order chi connectivity index (χ1) is 12.4. The van der Waals surface area contributed by atoms with Crippen LogP contribution in [0.1, 0.15) is 40.1 Å². The van der Waals surface area contributed by atoms with Crippen molar-refractivity contribution in [3.05, 3.63) is 51.7 Å². The lowest BCUT2D eigenvalue weighted by Crippen LogP contribution is -2.35. The number of anilines is 1. The number of aryl methyl sites for hydroxylation is 1. The number of amides is 1. The SMILES string of the molecule is CS(=O)(=O)N1CCCc2cc(C(=O)N(Cc3cccs3)C3CC3)ccc21.